The lowest BCUT2D eigenvalue weighted by Gasteiger charge is -2.32. The summed E-state index contributed by atoms with van der Waals surface area (Å²) in [5.74, 6) is -0.116. The summed E-state index contributed by atoms with van der Waals surface area (Å²) in [5, 5.41) is 19.9. The van der Waals surface area contributed by atoms with Crippen molar-refractivity contribution in [3.05, 3.63) is 94.8 Å². The fourth-order valence-electron chi connectivity index (χ4n) is 7.88. The molecule has 0 spiro atoms. The smallest absolute Gasteiger partial charge is 0.255 e. The monoisotopic (exact) mass is 1010 g/mol. The van der Waals surface area contributed by atoms with Crippen molar-refractivity contribution in [1.29, 1.82) is 5.26 Å². The van der Waals surface area contributed by atoms with Gasteiger partial charge >= 0.3 is 0 Å². The Bertz CT molecular complexity index is 2490. The zero-order chi connectivity index (χ0) is 51.3. The summed E-state index contributed by atoms with van der Waals surface area (Å²) in [7, 11) is 5.16. The zero-order valence-electron chi connectivity index (χ0n) is 41.0. The lowest BCUT2D eigenvalue weighted by Crippen LogP contribution is -2.56. The van der Waals surface area contributed by atoms with E-state index in [0.717, 1.165) is 17.1 Å². The van der Waals surface area contributed by atoms with Gasteiger partial charge in [-0.25, -0.2) is 9.97 Å². The summed E-state index contributed by atoms with van der Waals surface area (Å²) in [6.07, 6.45) is 7.77. The van der Waals surface area contributed by atoms with Gasteiger partial charge in [0, 0.05) is 61.0 Å². The van der Waals surface area contributed by atoms with Gasteiger partial charge in [0.05, 0.1) is 17.3 Å². The number of aromatic nitrogens is 2. The molecule has 0 radical (unpaired) electrons. The van der Waals surface area contributed by atoms with Crippen molar-refractivity contribution in [2.75, 3.05) is 52.2 Å². The fraction of sp³-hybridized carbons (Fsp3) is 0.451. The standard InChI is InChI=1S/C51H67N11O7S2/c1-5-6-7-8-9-26-70-71-31-34-10-13-36(14-11-34)46-57-30-40(32(2)58-46)48(64)60-41(18-19-52)51(67)62(4)45-37-15-17-44(69-25-22-55)39(29-37)38-27-35(12-16-43(38)68-24-21-54)28-42(49(65)56-23-20-53)61-47(63)33(3)59-50(45)66/h10-17,27,29-30,33,41-42,45H,5-9,18-19,21-26,28,31,52,54-55H2,1-4H3,(H,56,65)(H,59,66)(H,60,64)(H,61,63)/t33-,41-,42-,45-/m0/s1. The van der Waals surface area contributed by atoms with Gasteiger partial charge in [-0.1, -0.05) is 90.6 Å². The van der Waals surface area contributed by atoms with Crippen LogP contribution in [0.15, 0.2) is 66.9 Å². The van der Waals surface area contributed by atoms with Crippen LogP contribution < -0.4 is 47.9 Å². The number of aryl methyl sites for hydroxylation is 1. The molecule has 2 heterocycles. The molecule has 0 saturated heterocycles. The number of nitrogens with two attached hydrogens (primary N) is 3. The van der Waals surface area contributed by atoms with Gasteiger partial charge in [-0.3, -0.25) is 24.0 Å². The number of hydrogen-bond acceptors (Lipinski definition) is 15. The third kappa shape index (κ3) is 15.9. The summed E-state index contributed by atoms with van der Waals surface area (Å²) in [5.41, 5.74) is 22.1. The number of fused-ring (bicyclic) bond motifs is 5. The first kappa shape index (κ1) is 55.7. The minimum absolute atomic E-state index is 0.00159. The van der Waals surface area contributed by atoms with Crippen LogP contribution in [0.5, 0.6) is 11.5 Å². The highest BCUT2D eigenvalue weighted by Crippen LogP contribution is 2.40. The van der Waals surface area contributed by atoms with E-state index >= 15 is 0 Å². The molecule has 20 heteroatoms. The Hall–Kier alpha value is -6.24. The molecule has 1 aromatic heterocycles. The van der Waals surface area contributed by atoms with E-state index in [4.69, 9.17) is 26.7 Å². The number of nitriles is 1. The maximum Gasteiger partial charge on any atom is 0.255 e. The second-order valence-corrected chi connectivity index (χ2v) is 19.7. The Labute approximate surface area is 424 Å². The molecule has 4 atom stereocenters. The van der Waals surface area contributed by atoms with Gasteiger partial charge < -0.3 is 52.8 Å². The van der Waals surface area contributed by atoms with Crippen molar-refractivity contribution >= 4 is 51.1 Å². The van der Waals surface area contributed by atoms with Gasteiger partial charge in [-0.05, 0) is 74.2 Å². The largest absolute Gasteiger partial charge is 0.492 e. The van der Waals surface area contributed by atoms with E-state index in [1.807, 2.05) is 39.8 Å². The van der Waals surface area contributed by atoms with Crippen LogP contribution in [0.2, 0.25) is 0 Å². The minimum Gasteiger partial charge on any atom is -0.492 e. The number of carbonyl (C=O) groups is 5. The maximum atomic E-state index is 14.7. The normalized spacial score (nSPS) is 16.1. The molecule has 18 nitrogen and oxygen atoms in total. The predicted molar refractivity (Wildman–Crippen MR) is 278 cm³/mol. The van der Waals surface area contributed by atoms with Crippen molar-refractivity contribution in [2.45, 2.75) is 95.6 Å². The number of ether oxygens (including phenoxy) is 2. The maximum absolute atomic E-state index is 14.7. The summed E-state index contributed by atoms with van der Waals surface area (Å²) in [6.45, 7) is 5.73. The number of nitrogens with zero attached hydrogens (tertiary/aromatic N) is 4. The number of benzene rings is 3. The van der Waals surface area contributed by atoms with Gasteiger partial charge in [-0.15, -0.1) is 0 Å². The first-order valence-electron chi connectivity index (χ1n) is 24.0. The number of unbranched alkanes of at least 4 members (excludes halogenated alkanes) is 4. The number of likely N-dealkylation sites (N-methyl/N-ethyl adjacent to an activating group) is 1. The summed E-state index contributed by atoms with van der Waals surface area (Å²) < 4.78 is 12.2. The van der Waals surface area contributed by atoms with Crippen molar-refractivity contribution in [3.8, 4) is 40.1 Å². The zero-order valence-corrected chi connectivity index (χ0v) is 42.6. The topological polar surface area (TPSA) is 283 Å². The first-order chi connectivity index (χ1) is 34.3. The van der Waals surface area contributed by atoms with E-state index in [2.05, 4.69) is 50.3 Å². The Morgan fingerprint density at radius 2 is 1.59 bits per heavy atom. The fourth-order valence-corrected chi connectivity index (χ4v) is 10.1. The van der Waals surface area contributed by atoms with Crippen LogP contribution in [0.1, 0.15) is 91.2 Å². The molecular weight excluding hydrogens is 943 g/mol. The molecule has 0 fully saturated rings. The van der Waals surface area contributed by atoms with Crippen molar-refractivity contribution in [1.82, 2.24) is 36.1 Å². The highest BCUT2D eigenvalue weighted by molar-refractivity contribution is 8.76. The van der Waals surface area contributed by atoms with E-state index in [9.17, 15) is 29.2 Å². The molecule has 1 aliphatic heterocycles. The summed E-state index contributed by atoms with van der Waals surface area (Å²) in [4.78, 5) is 80.8. The molecule has 0 aliphatic carbocycles. The highest BCUT2D eigenvalue weighted by atomic mass is 33.1. The number of amides is 5. The van der Waals surface area contributed by atoms with Gasteiger partial charge in [0.1, 0.15) is 55.4 Å². The van der Waals surface area contributed by atoms with E-state index in [1.165, 1.54) is 62.7 Å². The molecule has 0 unspecified atom stereocenters. The Balaban J connectivity index is 1.44. The molecule has 3 aromatic carbocycles. The third-order valence-corrected chi connectivity index (χ3v) is 14.1. The second-order valence-electron chi connectivity index (χ2n) is 17.1. The Morgan fingerprint density at radius 3 is 2.25 bits per heavy atom. The summed E-state index contributed by atoms with van der Waals surface area (Å²) >= 11 is 0. The second kappa shape index (κ2) is 28.6. The molecule has 10 N–H and O–H groups in total. The van der Waals surface area contributed by atoms with Crippen LogP contribution in [0.3, 0.4) is 0 Å². The minimum atomic E-state index is -1.40. The van der Waals surface area contributed by atoms with Crippen LogP contribution in [-0.2, 0) is 31.4 Å². The number of rotatable bonds is 24. The van der Waals surface area contributed by atoms with E-state index in [0.29, 0.717) is 45.3 Å². The molecular formula is C51H67N11O7S2. The molecule has 5 rings (SSSR count). The molecule has 0 saturated carbocycles. The quantitative estimate of drug-likeness (QED) is 0.0290. The van der Waals surface area contributed by atoms with Crippen LogP contribution in [0.4, 0.5) is 0 Å². The first-order valence-corrected chi connectivity index (χ1v) is 26.5. The molecule has 5 amide bonds. The molecule has 71 heavy (non-hydrogen) atoms. The van der Waals surface area contributed by atoms with E-state index in [1.54, 1.807) is 43.3 Å². The number of carbonyl (C=O) groups excluding carboxylic acids is 5. The lowest BCUT2D eigenvalue weighted by atomic mass is 9.93. The molecule has 1 aliphatic rings. The predicted octanol–water partition coefficient (Wildman–Crippen LogP) is 4.48. The molecule has 380 valence electrons. The van der Waals surface area contributed by atoms with Crippen molar-refractivity contribution in [2.24, 2.45) is 17.2 Å². The Morgan fingerprint density at radius 1 is 0.901 bits per heavy atom. The van der Waals surface area contributed by atoms with Crippen LogP contribution >= 0.6 is 21.6 Å². The Kier molecular flexibility index (Phi) is 22.4. The summed E-state index contributed by atoms with van der Waals surface area (Å²) in [6, 6.07) is 15.1. The molecule has 4 bridgehead atoms. The third-order valence-electron chi connectivity index (χ3n) is 11.7. The number of nitrogens with one attached hydrogen (secondary N) is 4. The van der Waals surface area contributed by atoms with Crippen molar-refractivity contribution < 1.29 is 33.4 Å². The van der Waals surface area contributed by atoms with Crippen LogP contribution in [-0.4, -0.2) is 115 Å². The van der Waals surface area contributed by atoms with E-state index in [-0.39, 0.29) is 57.8 Å². The van der Waals surface area contributed by atoms with Crippen molar-refractivity contribution in [3.63, 3.8) is 0 Å². The molecule has 4 aromatic rings. The average Bonchev–Trinajstić information content (AvgIpc) is 3.37. The van der Waals surface area contributed by atoms with Gasteiger partial charge in [0.15, 0.2) is 5.82 Å². The van der Waals surface area contributed by atoms with Gasteiger partial charge in [0.2, 0.25) is 23.6 Å². The average molecular weight is 1010 g/mol. The highest BCUT2D eigenvalue weighted by Gasteiger charge is 2.36. The SMILES string of the molecule is CCCCCCCSSCc1ccc(-c2ncc(C(=O)N[C@@H](CCN)C(=O)N(C)[C@@H]3C(=O)N[C@@H](C)C(=O)N[C@H](C(=O)NCC#N)Cc4ccc(OCCN)c(c4)-c4cc3ccc4OCCN)c(C)n2)cc1. The van der Waals surface area contributed by atoms with Crippen LogP contribution in [0, 0.1) is 18.3 Å². The van der Waals surface area contributed by atoms with E-state index < -0.39 is 53.7 Å². The van der Waals surface area contributed by atoms with Crippen LogP contribution in [0.25, 0.3) is 22.5 Å². The van der Waals surface area contributed by atoms with Gasteiger partial charge in [-0.2, -0.15) is 5.26 Å². The van der Waals surface area contributed by atoms with Gasteiger partial charge in [0.25, 0.3) is 5.91 Å². The lowest BCUT2D eigenvalue weighted by molar-refractivity contribution is -0.141. The number of hydrogen-bond donors (Lipinski definition) is 7.